The van der Waals surface area contributed by atoms with Crippen molar-refractivity contribution >= 4 is 5.96 Å². The molecule has 0 bridgehead atoms. The molecule has 0 amide bonds. The Bertz CT molecular complexity index is 588. The van der Waals surface area contributed by atoms with Gasteiger partial charge >= 0.3 is 0 Å². The molecule has 124 valence electrons. The first-order valence-electron chi connectivity index (χ1n) is 7.94. The van der Waals surface area contributed by atoms with E-state index in [0.717, 1.165) is 24.8 Å². The van der Waals surface area contributed by atoms with Crippen LogP contribution in [0.4, 0.5) is 0 Å². The van der Waals surface area contributed by atoms with Crippen LogP contribution in [0.3, 0.4) is 0 Å². The number of guanidine groups is 1. The molecule has 0 aliphatic rings. The summed E-state index contributed by atoms with van der Waals surface area (Å²) in [5.41, 5.74) is 2.51. The van der Waals surface area contributed by atoms with E-state index in [0.29, 0.717) is 13.1 Å². The van der Waals surface area contributed by atoms with Crippen LogP contribution in [0.1, 0.15) is 23.8 Å². The van der Waals surface area contributed by atoms with E-state index in [1.807, 2.05) is 12.1 Å². The van der Waals surface area contributed by atoms with Gasteiger partial charge in [-0.3, -0.25) is 0 Å². The van der Waals surface area contributed by atoms with Crippen molar-refractivity contribution in [3.05, 3.63) is 59.5 Å². The van der Waals surface area contributed by atoms with E-state index in [1.165, 1.54) is 11.1 Å². The largest absolute Gasteiger partial charge is 0.467 e. The minimum absolute atomic E-state index is 0.626. The molecule has 2 rings (SSSR count). The number of aliphatic imine (C=N–C) groups is 1. The smallest absolute Gasteiger partial charge is 0.191 e. The molecule has 23 heavy (non-hydrogen) atoms. The van der Waals surface area contributed by atoms with Gasteiger partial charge < -0.3 is 20.0 Å². The zero-order valence-corrected chi connectivity index (χ0v) is 14.2. The summed E-state index contributed by atoms with van der Waals surface area (Å²) in [5, 5.41) is 6.51. The summed E-state index contributed by atoms with van der Waals surface area (Å²) in [6.07, 6.45) is 1.68. The van der Waals surface area contributed by atoms with Gasteiger partial charge in [-0.1, -0.05) is 24.3 Å². The molecule has 1 heterocycles. The molecule has 0 saturated heterocycles. The highest BCUT2D eigenvalue weighted by atomic mass is 16.3. The maximum atomic E-state index is 5.32. The molecule has 0 atom stereocenters. The van der Waals surface area contributed by atoms with E-state index in [2.05, 4.69) is 65.8 Å². The molecule has 0 fully saturated rings. The van der Waals surface area contributed by atoms with Crippen LogP contribution in [0.2, 0.25) is 0 Å². The molecule has 2 aromatic rings. The molecule has 0 aliphatic heterocycles. The number of benzene rings is 1. The van der Waals surface area contributed by atoms with Crippen molar-refractivity contribution in [2.75, 3.05) is 20.6 Å². The van der Waals surface area contributed by atoms with Crippen molar-refractivity contribution in [3.8, 4) is 0 Å². The highest BCUT2D eigenvalue weighted by Gasteiger charge is 2.01. The Balaban J connectivity index is 1.91. The molecule has 0 aliphatic carbocycles. The molecular formula is C18H26N4O. The van der Waals surface area contributed by atoms with Gasteiger partial charge in [-0.2, -0.15) is 0 Å². The lowest BCUT2D eigenvalue weighted by Gasteiger charge is -2.11. The van der Waals surface area contributed by atoms with Crippen molar-refractivity contribution in [1.29, 1.82) is 0 Å². The van der Waals surface area contributed by atoms with Crippen LogP contribution in [0, 0.1) is 0 Å². The third-order valence-corrected chi connectivity index (χ3v) is 3.30. The van der Waals surface area contributed by atoms with Gasteiger partial charge in [0, 0.05) is 13.1 Å². The summed E-state index contributed by atoms with van der Waals surface area (Å²) in [4.78, 5) is 6.78. The number of rotatable bonds is 7. The first kappa shape index (κ1) is 17.1. The van der Waals surface area contributed by atoms with E-state index in [1.54, 1.807) is 6.26 Å². The van der Waals surface area contributed by atoms with Crippen LogP contribution >= 0.6 is 0 Å². The minimum Gasteiger partial charge on any atom is -0.467 e. The summed E-state index contributed by atoms with van der Waals surface area (Å²) in [5.74, 6) is 1.69. The maximum Gasteiger partial charge on any atom is 0.191 e. The van der Waals surface area contributed by atoms with Crippen LogP contribution in [-0.2, 0) is 19.6 Å². The summed E-state index contributed by atoms with van der Waals surface area (Å²) in [6.45, 7) is 5.11. The lowest BCUT2D eigenvalue weighted by Crippen LogP contribution is -2.36. The molecule has 0 unspecified atom stereocenters. The third-order valence-electron chi connectivity index (χ3n) is 3.30. The van der Waals surface area contributed by atoms with Crippen LogP contribution in [0.25, 0.3) is 0 Å². The van der Waals surface area contributed by atoms with Crippen molar-refractivity contribution in [2.45, 2.75) is 26.6 Å². The SMILES string of the molecule is CCNC(=NCc1ccc(CN(C)C)cc1)NCc1ccco1. The Morgan fingerprint density at radius 2 is 1.83 bits per heavy atom. The fraction of sp³-hybridized carbons (Fsp3) is 0.389. The predicted molar refractivity (Wildman–Crippen MR) is 94.2 cm³/mol. The van der Waals surface area contributed by atoms with Crippen molar-refractivity contribution in [2.24, 2.45) is 4.99 Å². The lowest BCUT2D eigenvalue weighted by atomic mass is 10.1. The Kier molecular flexibility index (Phi) is 6.69. The van der Waals surface area contributed by atoms with Gasteiger partial charge in [0.15, 0.2) is 5.96 Å². The van der Waals surface area contributed by atoms with Crippen LogP contribution in [-0.4, -0.2) is 31.5 Å². The van der Waals surface area contributed by atoms with Gasteiger partial charge in [0.25, 0.3) is 0 Å². The third kappa shape index (κ3) is 6.16. The van der Waals surface area contributed by atoms with Crippen molar-refractivity contribution in [1.82, 2.24) is 15.5 Å². The fourth-order valence-corrected chi connectivity index (χ4v) is 2.21. The zero-order valence-electron chi connectivity index (χ0n) is 14.2. The number of nitrogens with zero attached hydrogens (tertiary/aromatic N) is 2. The lowest BCUT2D eigenvalue weighted by molar-refractivity contribution is 0.402. The zero-order chi connectivity index (χ0) is 16.5. The second kappa shape index (κ2) is 9.00. The first-order valence-corrected chi connectivity index (χ1v) is 7.94. The van der Waals surface area contributed by atoms with E-state index in [9.17, 15) is 0 Å². The van der Waals surface area contributed by atoms with Crippen LogP contribution in [0.15, 0.2) is 52.1 Å². The van der Waals surface area contributed by atoms with E-state index < -0.39 is 0 Å². The first-order chi connectivity index (χ1) is 11.2. The molecule has 5 nitrogen and oxygen atoms in total. The highest BCUT2D eigenvalue weighted by Crippen LogP contribution is 2.07. The van der Waals surface area contributed by atoms with Crippen molar-refractivity contribution < 1.29 is 4.42 Å². The molecule has 0 spiro atoms. The number of furan rings is 1. The maximum absolute atomic E-state index is 5.32. The second-order valence-corrected chi connectivity index (χ2v) is 5.68. The number of hydrogen-bond acceptors (Lipinski definition) is 3. The van der Waals surface area contributed by atoms with Gasteiger partial charge in [0.05, 0.1) is 19.4 Å². The molecule has 0 radical (unpaired) electrons. The van der Waals surface area contributed by atoms with Gasteiger partial charge in [-0.25, -0.2) is 4.99 Å². The summed E-state index contributed by atoms with van der Waals surface area (Å²) >= 11 is 0. The average molecular weight is 314 g/mol. The summed E-state index contributed by atoms with van der Waals surface area (Å²) in [7, 11) is 4.15. The molecule has 1 aromatic carbocycles. The summed E-state index contributed by atoms with van der Waals surface area (Å²) < 4.78 is 5.32. The van der Waals surface area contributed by atoms with E-state index in [4.69, 9.17) is 4.42 Å². The van der Waals surface area contributed by atoms with E-state index >= 15 is 0 Å². The van der Waals surface area contributed by atoms with Crippen LogP contribution < -0.4 is 10.6 Å². The molecule has 1 aromatic heterocycles. The number of nitrogens with one attached hydrogen (secondary N) is 2. The van der Waals surface area contributed by atoms with Gasteiger partial charge in [0.1, 0.15) is 5.76 Å². The Morgan fingerprint density at radius 3 is 2.43 bits per heavy atom. The Morgan fingerprint density at radius 1 is 1.09 bits per heavy atom. The fourth-order valence-electron chi connectivity index (χ4n) is 2.21. The molecule has 0 saturated carbocycles. The van der Waals surface area contributed by atoms with Gasteiger partial charge in [0.2, 0.25) is 0 Å². The normalized spacial score (nSPS) is 11.7. The summed E-state index contributed by atoms with van der Waals surface area (Å²) in [6, 6.07) is 12.4. The minimum atomic E-state index is 0.626. The quantitative estimate of drug-likeness (QED) is 0.609. The standard InChI is InChI=1S/C18H26N4O/c1-4-19-18(21-13-17-6-5-11-23-17)20-12-15-7-9-16(10-8-15)14-22(2)3/h5-11H,4,12-14H2,1-3H3,(H2,19,20,21). The average Bonchev–Trinajstić information content (AvgIpc) is 3.04. The Labute approximate surface area is 138 Å². The highest BCUT2D eigenvalue weighted by molar-refractivity contribution is 5.79. The van der Waals surface area contributed by atoms with Gasteiger partial charge in [-0.15, -0.1) is 0 Å². The van der Waals surface area contributed by atoms with E-state index in [-0.39, 0.29) is 0 Å². The van der Waals surface area contributed by atoms with Crippen molar-refractivity contribution in [3.63, 3.8) is 0 Å². The monoisotopic (exact) mass is 314 g/mol. The second-order valence-electron chi connectivity index (χ2n) is 5.68. The van der Waals surface area contributed by atoms with Crippen LogP contribution in [0.5, 0.6) is 0 Å². The van der Waals surface area contributed by atoms with Gasteiger partial charge in [-0.05, 0) is 44.3 Å². The predicted octanol–water partition coefficient (Wildman–Crippen LogP) is 2.60. The molecule has 2 N–H and O–H groups in total. The topological polar surface area (TPSA) is 52.8 Å². The molecule has 5 heteroatoms. The Hall–Kier alpha value is -2.27. The molecular weight excluding hydrogens is 288 g/mol. The number of hydrogen-bond donors (Lipinski definition) is 2.